The summed E-state index contributed by atoms with van der Waals surface area (Å²) in [5, 5.41) is 47.2. The molecule has 2 aromatic carbocycles. The molecule has 0 radical (unpaired) electrons. The normalized spacial score (nSPS) is 28.6. The molecule has 2 amide bonds. The van der Waals surface area contributed by atoms with E-state index in [-0.39, 0.29) is 44.2 Å². The van der Waals surface area contributed by atoms with E-state index in [0.717, 1.165) is 23.1 Å². The predicted octanol–water partition coefficient (Wildman–Crippen LogP) is 2.03. The van der Waals surface area contributed by atoms with Crippen LogP contribution in [-0.2, 0) is 16.2 Å². The van der Waals surface area contributed by atoms with Crippen LogP contribution < -0.4 is 10.6 Å². The third kappa shape index (κ3) is 7.78. The van der Waals surface area contributed by atoms with Crippen LogP contribution in [0.3, 0.4) is 0 Å². The molecule has 0 aromatic heterocycles. The van der Waals surface area contributed by atoms with Gasteiger partial charge in [0.2, 0.25) is 5.91 Å². The molecule has 264 valence electrons. The first-order valence-electron chi connectivity index (χ1n) is 17.4. The zero-order valence-corrected chi connectivity index (χ0v) is 28.7. The van der Waals surface area contributed by atoms with Crippen LogP contribution in [0, 0.1) is 29.1 Å². The van der Waals surface area contributed by atoms with Crippen LogP contribution in [0.1, 0.15) is 56.5 Å². The standard InChI is InChI=1S/C37H54N4O7/c1-23-30-19-29(37(30,3)4)20-31(23)39-36(47)34-33(24(2)45)32(22-44)48-41(34)21-25-7-5-8-26(17-25)27-9-6-10-28(18-27)35(46)38-11-12-40(13-15-42)14-16-43/h5-10,17-18,23-24,29-34,42-45H,11-16,19-22H2,1-4H3,(H,38,46)(H,39,47)/t23-,24-,29+,30-,31-,32-,33+,34-/m0/s1. The molecule has 48 heavy (non-hydrogen) atoms. The minimum atomic E-state index is -0.869. The smallest absolute Gasteiger partial charge is 0.251 e. The van der Waals surface area contributed by atoms with Gasteiger partial charge in [-0.25, -0.2) is 0 Å². The average molecular weight is 667 g/mol. The lowest BCUT2D eigenvalue weighted by Gasteiger charge is -2.62. The largest absolute Gasteiger partial charge is 0.395 e. The highest BCUT2D eigenvalue weighted by atomic mass is 16.7. The molecule has 3 aliphatic carbocycles. The molecule has 8 atom stereocenters. The number of carbonyl (C=O) groups excluding carboxylic acids is 2. The van der Waals surface area contributed by atoms with E-state index in [1.165, 1.54) is 6.42 Å². The molecule has 6 rings (SSSR count). The summed E-state index contributed by atoms with van der Waals surface area (Å²) in [5.41, 5.74) is 3.43. The fourth-order valence-corrected chi connectivity index (χ4v) is 8.40. The minimum absolute atomic E-state index is 0.0188. The van der Waals surface area contributed by atoms with E-state index in [4.69, 9.17) is 4.84 Å². The lowest BCUT2D eigenvalue weighted by Crippen LogP contribution is -2.62. The molecule has 1 saturated heterocycles. The van der Waals surface area contributed by atoms with Crippen molar-refractivity contribution < 1.29 is 34.9 Å². The van der Waals surface area contributed by atoms with Crippen molar-refractivity contribution in [2.75, 3.05) is 46.0 Å². The van der Waals surface area contributed by atoms with Crippen molar-refractivity contribution in [3.05, 3.63) is 59.7 Å². The Labute approximate surface area is 284 Å². The second-order valence-electron chi connectivity index (χ2n) is 14.6. The first kappa shape index (κ1) is 36.4. The highest BCUT2D eigenvalue weighted by molar-refractivity contribution is 5.95. The second kappa shape index (κ2) is 15.8. The number of hydrogen-bond acceptors (Lipinski definition) is 9. The van der Waals surface area contributed by atoms with E-state index < -0.39 is 24.2 Å². The number of rotatable bonds is 15. The topological polar surface area (TPSA) is 155 Å². The molecule has 1 aliphatic heterocycles. The monoisotopic (exact) mass is 666 g/mol. The number of amides is 2. The van der Waals surface area contributed by atoms with Gasteiger partial charge in [0.25, 0.3) is 5.91 Å². The van der Waals surface area contributed by atoms with Crippen LogP contribution in [0.15, 0.2) is 48.5 Å². The average Bonchev–Trinajstić information content (AvgIpc) is 3.44. The zero-order chi connectivity index (χ0) is 34.6. The molecule has 3 saturated carbocycles. The zero-order valence-electron chi connectivity index (χ0n) is 28.7. The number of fused-ring (bicyclic) bond motifs is 2. The maximum Gasteiger partial charge on any atom is 0.251 e. The molecule has 0 spiro atoms. The number of hydrogen-bond donors (Lipinski definition) is 6. The SMILES string of the molecule is C[C@@H]1[C@@H](NC(=O)[C@@H]2[C@H]([C@H](C)O)[C@H](CO)ON2Cc2cccc(-c3cccc(C(=O)NCCN(CCO)CCO)c3)c2)C[C@H]2C[C@@H]1C2(C)C. The summed E-state index contributed by atoms with van der Waals surface area (Å²) in [6.07, 6.45) is 0.570. The van der Waals surface area contributed by atoms with Crippen LogP contribution in [0.5, 0.6) is 0 Å². The minimum Gasteiger partial charge on any atom is -0.395 e. The Balaban J connectivity index is 1.28. The first-order valence-corrected chi connectivity index (χ1v) is 17.4. The van der Waals surface area contributed by atoms with Crippen molar-refractivity contribution in [2.24, 2.45) is 29.1 Å². The Morgan fingerprint density at radius 2 is 1.71 bits per heavy atom. The Bertz CT molecular complexity index is 1400. The van der Waals surface area contributed by atoms with Gasteiger partial charge in [-0.2, -0.15) is 5.06 Å². The first-order chi connectivity index (χ1) is 23.0. The third-order valence-electron chi connectivity index (χ3n) is 11.3. The summed E-state index contributed by atoms with van der Waals surface area (Å²) in [5.74, 6) is 0.514. The van der Waals surface area contributed by atoms with E-state index in [2.05, 4.69) is 31.4 Å². The Hall–Kier alpha value is -2.90. The predicted molar refractivity (Wildman–Crippen MR) is 182 cm³/mol. The summed E-state index contributed by atoms with van der Waals surface area (Å²) < 4.78 is 0. The fraction of sp³-hybridized carbons (Fsp3) is 0.622. The quantitative estimate of drug-likeness (QED) is 0.168. The molecule has 11 nitrogen and oxygen atoms in total. The molecule has 2 aromatic rings. The molecule has 2 bridgehead atoms. The van der Waals surface area contributed by atoms with Crippen LogP contribution in [0.4, 0.5) is 0 Å². The lowest BCUT2D eigenvalue weighted by atomic mass is 9.45. The number of aliphatic hydroxyl groups is 4. The molecule has 1 heterocycles. The Morgan fingerprint density at radius 1 is 1.02 bits per heavy atom. The van der Waals surface area contributed by atoms with Gasteiger partial charge >= 0.3 is 0 Å². The van der Waals surface area contributed by atoms with Crippen molar-refractivity contribution >= 4 is 11.8 Å². The van der Waals surface area contributed by atoms with Gasteiger partial charge in [0.1, 0.15) is 12.1 Å². The van der Waals surface area contributed by atoms with Crippen molar-refractivity contribution in [2.45, 2.75) is 71.4 Å². The van der Waals surface area contributed by atoms with Gasteiger partial charge < -0.3 is 31.1 Å². The van der Waals surface area contributed by atoms with Crippen molar-refractivity contribution in [3.8, 4) is 11.1 Å². The summed E-state index contributed by atoms with van der Waals surface area (Å²) in [6, 6.07) is 14.5. The molecule has 4 fully saturated rings. The third-order valence-corrected chi connectivity index (χ3v) is 11.3. The highest BCUT2D eigenvalue weighted by Crippen LogP contribution is 2.61. The van der Waals surface area contributed by atoms with Gasteiger partial charge in [-0.15, -0.1) is 0 Å². The fourth-order valence-electron chi connectivity index (χ4n) is 8.40. The maximum atomic E-state index is 14.0. The van der Waals surface area contributed by atoms with Crippen molar-refractivity contribution in [3.63, 3.8) is 0 Å². The molecule has 4 aliphatic rings. The number of nitrogens with zero attached hydrogens (tertiary/aromatic N) is 2. The number of hydroxylamine groups is 2. The van der Waals surface area contributed by atoms with Crippen LogP contribution >= 0.6 is 0 Å². The number of benzene rings is 2. The van der Waals surface area contributed by atoms with E-state index >= 15 is 0 Å². The van der Waals surface area contributed by atoms with Crippen LogP contribution in [-0.4, -0.2) is 112 Å². The number of aliphatic hydroxyl groups excluding tert-OH is 4. The highest BCUT2D eigenvalue weighted by Gasteiger charge is 2.57. The van der Waals surface area contributed by atoms with Gasteiger partial charge in [0.05, 0.1) is 32.5 Å². The number of carbonyl (C=O) groups is 2. The Kier molecular flexibility index (Phi) is 11.9. The van der Waals surface area contributed by atoms with Crippen LogP contribution in [0.2, 0.25) is 0 Å². The van der Waals surface area contributed by atoms with E-state index in [0.29, 0.717) is 54.9 Å². The van der Waals surface area contributed by atoms with Gasteiger partial charge in [-0.05, 0) is 77.8 Å². The van der Waals surface area contributed by atoms with E-state index in [1.807, 2.05) is 47.4 Å². The molecular formula is C37H54N4O7. The van der Waals surface area contributed by atoms with Crippen LogP contribution in [0.25, 0.3) is 11.1 Å². The van der Waals surface area contributed by atoms with Gasteiger partial charge in [0, 0.05) is 43.7 Å². The Morgan fingerprint density at radius 3 is 2.33 bits per heavy atom. The van der Waals surface area contributed by atoms with Gasteiger partial charge in [-0.1, -0.05) is 51.1 Å². The molecule has 11 heteroatoms. The molecule has 0 unspecified atom stereocenters. The van der Waals surface area contributed by atoms with Crippen molar-refractivity contribution in [1.29, 1.82) is 0 Å². The van der Waals surface area contributed by atoms with Gasteiger partial charge in [0.15, 0.2) is 0 Å². The summed E-state index contributed by atoms with van der Waals surface area (Å²) >= 11 is 0. The lowest BCUT2D eigenvalue weighted by molar-refractivity contribution is -0.183. The maximum absolute atomic E-state index is 14.0. The second-order valence-corrected chi connectivity index (χ2v) is 14.6. The summed E-state index contributed by atoms with van der Waals surface area (Å²) in [6.45, 7) is 10.2. The molecule has 6 N–H and O–H groups in total. The van der Waals surface area contributed by atoms with E-state index in [9.17, 15) is 30.0 Å². The van der Waals surface area contributed by atoms with Crippen molar-refractivity contribution in [1.82, 2.24) is 20.6 Å². The van der Waals surface area contributed by atoms with Gasteiger partial charge in [-0.3, -0.25) is 19.3 Å². The van der Waals surface area contributed by atoms with E-state index in [1.54, 1.807) is 18.1 Å². The molecular weight excluding hydrogens is 612 g/mol. The number of nitrogens with one attached hydrogen (secondary N) is 2. The summed E-state index contributed by atoms with van der Waals surface area (Å²) in [7, 11) is 0. The summed E-state index contributed by atoms with van der Waals surface area (Å²) in [4.78, 5) is 35.0.